The van der Waals surface area contributed by atoms with Crippen molar-refractivity contribution in [3.63, 3.8) is 0 Å². The van der Waals surface area contributed by atoms with Gasteiger partial charge in [-0.3, -0.25) is 5.32 Å². The minimum absolute atomic E-state index is 0.379. The predicted octanol–water partition coefficient (Wildman–Crippen LogP) is 1.17. The van der Waals surface area contributed by atoms with Gasteiger partial charge in [-0.2, -0.15) is 5.26 Å². The molecule has 1 heterocycles. The van der Waals surface area contributed by atoms with E-state index in [1.54, 1.807) is 7.11 Å². The highest BCUT2D eigenvalue weighted by Gasteiger charge is 2.36. The van der Waals surface area contributed by atoms with Gasteiger partial charge in [0.05, 0.1) is 25.9 Å². The molecule has 1 unspecified atom stereocenters. The lowest BCUT2D eigenvalue weighted by Gasteiger charge is -2.33. The number of nitriles is 1. The zero-order chi connectivity index (χ0) is 12.1. The molecule has 4 nitrogen and oxygen atoms in total. The van der Waals surface area contributed by atoms with Crippen LogP contribution in [0.2, 0.25) is 0 Å². The Morgan fingerprint density at radius 1 is 1.53 bits per heavy atom. The Labute approximate surface area is 101 Å². The largest absolute Gasteiger partial charge is 0.383 e. The average Bonchev–Trinajstić information content (AvgIpc) is 2.39. The van der Waals surface area contributed by atoms with Crippen LogP contribution in [-0.4, -0.2) is 26.9 Å². The Balaban J connectivity index is 2.27. The molecule has 1 aromatic carbocycles. The van der Waals surface area contributed by atoms with E-state index in [2.05, 4.69) is 11.4 Å². The molecule has 0 aliphatic carbocycles. The molecule has 0 saturated carbocycles. The van der Waals surface area contributed by atoms with Crippen molar-refractivity contribution in [2.75, 3.05) is 26.9 Å². The lowest BCUT2D eigenvalue weighted by atomic mass is 9.86. The first kappa shape index (κ1) is 12.1. The van der Waals surface area contributed by atoms with Gasteiger partial charge in [0.15, 0.2) is 5.54 Å². The topological polar surface area (TPSA) is 54.3 Å². The molecule has 90 valence electrons. The van der Waals surface area contributed by atoms with Crippen LogP contribution in [0, 0.1) is 11.3 Å². The third kappa shape index (κ3) is 2.32. The molecule has 0 radical (unpaired) electrons. The molecule has 2 rings (SSSR count). The first-order valence-corrected chi connectivity index (χ1v) is 5.64. The molecular formula is C13H16N2O2. The molecule has 0 fully saturated rings. The van der Waals surface area contributed by atoms with Crippen LogP contribution >= 0.6 is 0 Å². The summed E-state index contributed by atoms with van der Waals surface area (Å²) in [6.45, 7) is 2.16. The van der Waals surface area contributed by atoms with Crippen LogP contribution in [0.5, 0.6) is 0 Å². The molecular weight excluding hydrogens is 216 g/mol. The van der Waals surface area contributed by atoms with E-state index in [0.29, 0.717) is 26.4 Å². The molecule has 0 bridgehead atoms. The Kier molecular flexibility index (Phi) is 3.75. The maximum Gasteiger partial charge on any atom is 0.156 e. The molecule has 17 heavy (non-hydrogen) atoms. The van der Waals surface area contributed by atoms with Gasteiger partial charge in [0.2, 0.25) is 0 Å². The fourth-order valence-electron chi connectivity index (χ4n) is 2.10. The number of fused-ring (bicyclic) bond motifs is 1. The van der Waals surface area contributed by atoms with E-state index in [1.807, 2.05) is 24.3 Å². The van der Waals surface area contributed by atoms with Crippen molar-refractivity contribution in [3.8, 4) is 6.07 Å². The third-order valence-corrected chi connectivity index (χ3v) is 2.98. The summed E-state index contributed by atoms with van der Waals surface area (Å²) in [4.78, 5) is 0. The first-order chi connectivity index (χ1) is 8.32. The Morgan fingerprint density at radius 3 is 3.12 bits per heavy atom. The quantitative estimate of drug-likeness (QED) is 0.792. The lowest BCUT2D eigenvalue weighted by Crippen LogP contribution is -2.49. The van der Waals surface area contributed by atoms with Gasteiger partial charge >= 0.3 is 0 Å². The number of methoxy groups -OCH3 is 1. The Bertz CT molecular complexity index is 428. The lowest BCUT2D eigenvalue weighted by molar-refractivity contribution is 0.0550. The van der Waals surface area contributed by atoms with Gasteiger partial charge in [-0.25, -0.2) is 0 Å². The first-order valence-electron chi connectivity index (χ1n) is 5.64. The number of rotatable bonds is 4. The van der Waals surface area contributed by atoms with Crippen molar-refractivity contribution < 1.29 is 9.47 Å². The molecule has 4 heteroatoms. The molecule has 0 amide bonds. The van der Waals surface area contributed by atoms with Crippen molar-refractivity contribution in [2.24, 2.45) is 0 Å². The number of ether oxygens (including phenoxy) is 2. The third-order valence-electron chi connectivity index (χ3n) is 2.98. The minimum atomic E-state index is -0.743. The minimum Gasteiger partial charge on any atom is -0.383 e. The molecule has 1 aliphatic heterocycles. The second kappa shape index (κ2) is 5.28. The summed E-state index contributed by atoms with van der Waals surface area (Å²) in [6, 6.07) is 10.2. The SMILES string of the molecule is COCCNC1(C#N)COCc2ccccc21. The van der Waals surface area contributed by atoms with E-state index in [0.717, 1.165) is 11.1 Å². The van der Waals surface area contributed by atoms with Crippen LogP contribution < -0.4 is 5.32 Å². The molecule has 0 spiro atoms. The van der Waals surface area contributed by atoms with Crippen LogP contribution in [0.4, 0.5) is 0 Å². The number of benzene rings is 1. The summed E-state index contributed by atoms with van der Waals surface area (Å²) in [5, 5.41) is 12.7. The van der Waals surface area contributed by atoms with Gasteiger partial charge in [0.1, 0.15) is 0 Å². The Hall–Kier alpha value is -1.41. The second-order valence-corrected chi connectivity index (χ2v) is 4.09. The van der Waals surface area contributed by atoms with E-state index in [-0.39, 0.29) is 0 Å². The van der Waals surface area contributed by atoms with Crippen LogP contribution in [0.1, 0.15) is 11.1 Å². The molecule has 0 aromatic heterocycles. The summed E-state index contributed by atoms with van der Waals surface area (Å²) >= 11 is 0. The second-order valence-electron chi connectivity index (χ2n) is 4.09. The Morgan fingerprint density at radius 2 is 2.35 bits per heavy atom. The van der Waals surface area contributed by atoms with Crippen LogP contribution in [-0.2, 0) is 21.6 Å². The maximum absolute atomic E-state index is 9.45. The highest BCUT2D eigenvalue weighted by Crippen LogP contribution is 2.29. The van der Waals surface area contributed by atoms with Gasteiger partial charge in [-0.1, -0.05) is 24.3 Å². The van der Waals surface area contributed by atoms with Gasteiger partial charge in [0, 0.05) is 13.7 Å². The zero-order valence-electron chi connectivity index (χ0n) is 9.90. The van der Waals surface area contributed by atoms with Crippen LogP contribution in [0.25, 0.3) is 0 Å². The van der Waals surface area contributed by atoms with E-state index < -0.39 is 5.54 Å². The summed E-state index contributed by atoms with van der Waals surface area (Å²) in [6.07, 6.45) is 0. The van der Waals surface area contributed by atoms with Crippen LogP contribution in [0.3, 0.4) is 0 Å². The average molecular weight is 232 g/mol. The normalized spacial score (nSPS) is 22.8. The van der Waals surface area contributed by atoms with Gasteiger partial charge in [0.25, 0.3) is 0 Å². The van der Waals surface area contributed by atoms with E-state index in [4.69, 9.17) is 9.47 Å². The molecule has 1 atom stereocenters. The highest BCUT2D eigenvalue weighted by molar-refractivity contribution is 5.40. The monoisotopic (exact) mass is 232 g/mol. The van der Waals surface area contributed by atoms with E-state index >= 15 is 0 Å². The van der Waals surface area contributed by atoms with E-state index in [1.165, 1.54) is 0 Å². The summed E-state index contributed by atoms with van der Waals surface area (Å²) in [5.41, 5.74) is 1.35. The fraction of sp³-hybridized carbons (Fsp3) is 0.462. The van der Waals surface area contributed by atoms with Crippen molar-refractivity contribution in [3.05, 3.63) is 35.4 Å². The summed E-state index contributed by atoms with van der Waals surface area (Å²) in [5.74, 6) is 0. The van der Waals surface area contributed by atoms with E-state index in [9.17, 15) is 5.26 Å². The number of hydrogen-bond acceptors (Lipinski definition) is 4. The smallest absolute Gasteiger partial charge is 0.156 e. The highest BCUT2D eigenvalue weighted by atomic mass is 16.5. The van der Waals surface area contributed by atoms with Crippen LogP contribution in [0.15, 0.2) is 24.3 Å². The van der Waals surface area contributed by atoms with Gasteiger partial charge in [-0.05, 0) is 11.1 Å². The van der Waals surface area contributed by atoms with Crippen molar-refractivity contribution in [1.82, 2.24) is 5.32 Å². The van der Waals surface area contributed by atoms with Gasteiger partial charge < -0.3 is 9.47 Å². The molecule has 1 aromatic rings. The zero-order valence-corrected chi connectivity index (χ0v) is 9.90. The van der Waals surface area contributed by atoms with Crippen molar-refractivity contribution in [1.29, 1.82) is 5.26 Å². The number of nitrogens with zero attached hydrogens (tertiary/aromatic N) is 1. The summed E-state index contributed by atoms with van der Waals surface area (Å²) in [7, 11) is 1.64. The predicted molar refractivity (Wildman–Crippen MR) is 63.3 cm³/mol. The van der Waals surface area contributed by atoms with Gasteiger partial charge in [-0.15, -0.1) is 0 Å². The van der Waals surface area contributed by atoms with Crippen molar-refractivity contribution in [2.45, 2.75) is 12.1 Å². The van der Waals surface area contributed by atoms with Crippen molar-refractivity contribution >= 4 is 0 Å². The molecule has 1 N–H and O–H groups in total. The molecule has 1 aliphatic rings. The maximum atomic E-state index is 9.45. The molecule has 0 saturated heterocycles. The number of hydrogen-bond donors (Lipinski definition) is 1. The standard InChI is InChI=1S/C13H16N2O2/c1-16-7-6-15-13(9-14)10-17-8-11-4-2-3-5-12(11)13/h2-5,15H,6-8,10H2,1H3. The summed E-state index contributed by atoms with van der Waals surface area (Å²) < 4.78 is 10.5. The fourth-order valence-corrected chi connectivity index (χ4v) is 2.10. The number of nitrogens with one attached hydrogen (secondary N) is 1.